The number of thioether (sulfide) groups is 1. The van der Waals surface area contributed by atoms with Crippen molar-refractivity contribution in [1.82, 2.24) is 14.9 Å². The highest BCUT2D eigenvalue weighted by atomic mass is 32.2. The van der Waals surface area contributed by atoms with Crippen molar-refractivity contribution in [3.05, 3.63) is 47.5 Å². The molecule has 0 unspecified atom stereocenters. The lowest BCUT2D eigenvalue weighted by atomic mass is 10.0. The molecule has 8 nitrogen and oxygen atoms in total. The molecule has 3 heterocycles. The number of anilines is 1. The zero-order valence-corrected chi connectivity index (χ0v) is 18.5. The molecule has 1 saturated heterocycles. The van der Waals surface area contributed by atoms with Gasteiger partial charge in [0.15, 0.2) is 10.8 Å². The standard InChI is InChI=1S/C20H19N5O3S2/c1-20(2)18(27)25(13-8-16(30-4)15(9-21)22-10-13)19(29)24(20)11-12-6-5-7-14(23-12)17(26)28-3/h5-8,10H,11H2,1-4H3. The smallest absolute Gasteiger partial charge is 0.356 e. The normalized spacial score (nSPS) is 15.3. The van der Waals surface area contributed by atoms with Gasteiger partial charge in [-0.2, -0.15) is 5.26 Å². The van der Waals surface area contributed by atoms with Crippen LogP contribution >= 0.6 is 24.0 Å². The number of ether oxygens (including phenoxy) is 1. The van der Waals surface area contributed by atoms with Crippen molar-refractivity contribution in [3.8, 4) is 6.07 Å². The quantitative estimate of drug-likeness (QED) is 0.394. The first-order chi connectivity index (χ1) is 14.2. The Kier molecular flexibility index (Phi) is 6.05. The maximum atomic E-state index is 13.2. The second-order valence-electron chi connectivity index (χ2n) is 6.93. The van der Waals surface area contributed by atoms with Gasteiger partial charge in [0.1, 0.15) is 17.3 Å². The van der Waals surface area contributed by atoms with Gasteiger partial charge in [0.25, 0.3) is 5.91 Å². The van der Waals surface area contributed by atoms with Crippen LogP contribution < -0.4 is 4.90 Å². The number of methoxy groups -OCH3 is 1. The maximum absolute atomic E-state index is 13.2. The summed E-state index contributed by atoms with van der Waals surface area (Å²) in [6.45, 7) is 3.79. The number of carbonyl (C=O) groups is 2. The molecule has 0 bridgehead atoms. The Morgan fingerprint density at radius 3 is 2.77 bits per heavy atom. The molecule has 0 saturated carbocycles. The molecule has 1 fully saturated rings. The number of thiocarbonyl (C=S) groups is 1. The molecular formula is C20H19N5O3S2. The van der Waals surface area contributed by atoms with Crippen LogP contribution in [0.15, 0.2) is 35.4 Å². The predicted molar refractivity (Wildman–Crippen MR) is 116 cm³/mol. The third kappa shape index (κ3) is 3.74. The molecule has 0 radical (unpaired) electrons. The zero-order chi connectivity index (χ0) is 22.1. The molecule has 154 valence electrons. The lowest BCUT2D eigenvalue weighted by Gasteiger charge is -2.29. The second-order valence-corrected chi connectivity index (χ2v) is 8.14. The van der Waals surface area contributed by atoms with E-state index in [-0.39, 0.29) is 18.1 Å². The van der Waals surface area contributed by atoms with Gasteiger partial charge in [0, 0.05) is 4.90 Å². The van der Waals surface area contributed by atoms with Gasteiger partial charge in [-0.15, -0.1) is 11.8 Å². The monoisotopic (exact) mass is 441 g/mol. The lowest BCUT2D eigenvalue weighted by molar-refractivity contribution is -0.123. The highest BCUT2D eigenvalue weighted by molar-refractivity contribution is 7.98. The van der Waals surface area contributed by atoms with Crippen LogP contribution in [0.2, 0.25) is 0 Å². The second kappa shape index (κ2) is 8.38. The Hall–Kier alpha value is -3.03. The first kappa shape index (κ1) is 21.7. The minimum atomic E-state index is -0.937. The molecule has 2 aromatic rings. The summed E-state index contributed by atoms with van der Waals surface area (Å²) in [7, 11) is 1.29. The molecule has 0 spiro atoms. The SMILES string of the molecule is COC(=O)c1cccc(CN2C(=S)N(c3cnc(C#N)c(SC)c3)C(=O)C2(C)C)n1. The summed E-state index contributed by atoms with van der Waals surface area (Å²) in [6, 6.07) is 8.79. The van der Waals surface area contributed by atoms with Gasteiger partial charge in [-0.1, -0.05) is 6.07 Å². The number of aromatic nitrogens is 2. The molecule has 2 aromatic heterocycles. The number of hydrogen-bond acceptors (Lipinski definition) is 8. The van der Waals surface area contributed by atoms with Crippen LogP contribution in [0.1, 0.15) is 35.7 Å². The summed E-state index contributed by atoms with van der Waals surface area (Å²) in [5.41, 5.74) is 0.615. The van der Waals surface area contributed by atoms with Crippen molar-refractivity contribution in [2.45, 2.75) is 30.8 Å². The summed E-state index contributed by atoms with van der Waals surface area (Å²) in [5, 5.41) is 9.50. The minimum Gasteiger partial charge on any atom is -0.464 e. The fraction of sp³-hybridized carbons (Fsp3) is 0.300. The van der Waals surface area contributed by atoms with Gasteiger partial charge >= 0.3 is 5.97 Å². The number of hydrogen-bond donors (Lipinski definition) is 0. The van der Waals surface area contributed by atoms with Gasteiger partial charge in [0.05, 0.1) is 31.2 Å². The fourth-order valence-electron chi connectivity index (χ4n) is 3.07. The average Bonchev–Trinajstić information content (AvgIpc) is 2.92. The summed E-state index contributed by atoms with van der Waals surface area (Å²) in [4.78, 5) is 37.3. The topological polar surface area (TPSA) is 99.4 Å². The largest absolute Gasteiger partial charge is 0.464 e. The summed E-state index contributed by atoms with van der Waals surface area (Å²) >= 11 is 7.00. The van der Waals surface area contributed by atoms with E-state index >= 15 is 0 Å². The van der Waals surface area contributed by atoms with Crippen molar-refractivity contribution in [3.63, 3.8) is 0 Å². The van der Waals surface area contributed by atoms with E-state index in [1.807, 2.05) is 12.3 Å². The van der Waals surface area contributed by atoms with E-state index in [2.05, 4.69) is 9.97 Å². The van der Waals surface area contributed by atoms with E-state index in [1.165, 1.54) is 30.0 Å². The van der Waals surface area contributed by atoms with Crippen LogP contribution in [0.4, 0.5) is 5.69 Å². The van der Waals surface area contributed by atoms with E-state index in [0.717, 1.165) is 0 Å². The lowest BCUT2D eigenvalue weighted by Crippen LogP contribution is -2.43. The van der Waals surface area contributed by atoms with E-state index < -0.39 is 11.5 Å². The molecule has 1 aliphatic rings. The Morgan fingerprint density at radius 1 is 1.40 bits per heavy atom. The number of pyridine rings is 2. The number of amides is 1. The van der Waals surface area contributed by atoms with Gasteiger partial charge in [-0.05, 0) is 50.5 Å². The summed E-state index contributed by atoms with van der Waals surface area (Å²) in [5.74, 6) is -0.749. The molecule has 0 N–H and O–H groups in total. The Balaban J connectivity index is 1.95. The number of nitriles is 1. The van der Waals surface area contributed by atoms with Crippen LogP contribution in [0, 0.1) is 11.3 Å². The highest BCUT2D eigenvalue weighted by Gasteiger charge is 2.49. The van der Waals surface area contributed by atoms with Crippen LogP contribution in [0.3, 0.4) is 0 Å². The third-order valence-electron chi connectivity index (χ3n) is 4.77. The van der Waals surface area contributed by atoms with E-state index in [1.54, 1.807) is 43.0 Å². The van der Waals surface area contributed by atoms with Crippen molar-refractivity contribution < 1.29 is 14.3 Å². The van der Waals surface area contributed by atoms with Crippen LogP contribution in [0.5, 0.6) is 0 Å². The number of rotatable bonds is 5. The van der Waals surface area contributed by atoms with Crippen LogP contribution in [-0.4, -0.2) is 50.8 Å². The zero-order valence-electron chi connectivity index (χ0n) is 16.9. The number of esters is 1. The molecule has 0 atom stereocenters. The molecule has 0 aromatic carbocycles. The third-order valence-corrected chi connectivity index (χ3v) is 5.92. The van der Waals surface area contributed by atoms with Crippen molar-refractivity contribution in [2.75, 3.05) is 18.3 Å². The van der Waals surface area contributed by atoms with Crippen molar-refractivity contribution in [2.24, 2.45) is 0 Å². The Morgan fingerprint density at radius 2 is 2.13 bits per heavy atom. The van der Waals surface area contributed by atoms with E-state index in [0.29, 0.717) is 27.1 Å². The fourth-order valence-corrected chi connectivity index (χ4v) is 4.08. The first-order valence-electron chi connectivity index (χ1n) is 8.89. The van der Waals surface area contributed by atoms with E-state index in [9.17, 15) is 14.9 Å². The van der Waals surface area contributed by atoms with Gasteiger partial charge in [-0.3, -0.25) is 9.69 Å². The van der Waals surface area contributed by atoms with Gasteiger partial charge in [0.2, 0.25) is 0 Å². The van der Waals surface area contributed by atoms with Gasteiger partial charge in [-0.25, -0.2) is 14.8 Å². The summed E-state index contributed by atoms with van der Waals surface area (Å²) < 4.78 is 4.72. The minimum absolute atomic E-state index is 0.182. The first-order valence-corrected chi connectivity index (χ1v) is 10.5. The molecule has 0 aliphatic carbocycles. The molecule has 30 heavy (non-hydrogen) atoms. The molecule has 1 aliphatic heterocycles. The average molecular weight is 442 g/mol. The predicted octanol–water partition coefficient (Wildman–Crippen LogP) is 2.77. The van der Waals surface area contributed by atoms with Crippen LogP contribution in [0.25, 0.3) is 0 Å². The molecule has 10 heteroatoms. The summed E-state index contributed by atoms with van der Waals surface area (Å²) in [6.07, 6.45) is 3.31. The Labute approximate surface area is 183 Å². The molecular weight excluding hydrogens is 422 g/mol. The van der Waals surface area contributed by atoms with E-state index in [4.69, 9.17) is 17.0 Å². The molecule has 1 amide bonds. The van der Waals surface area contributed by atoms with Crippen LogP contribution in [-0.2, 0) is 16.1 Å². The van der Waals surface area contributed by atoms with Crippen molar-refractivity contribution in [1.29, 1.82) is 5.26 Å². The number of carbonyl (C=O) groups excluding carboxylic acids is 2. The highest BCUT2D eigenvalue weighted by Crippen LogP contribution is 2.34. The Bertz CT molecular complexity index is 1080. The molecule has 3 rings (SSSR count). The maximum Gasteiger partial charge on any atom is 0.356 e. The van der Waals surface area contributed by atoms with Crippen molar-refractivity contribution >= 4 is 46.7 Å². The number of nitrogens with zero attached hydrogens (tertiary/aromatic N) is 5. The van der Waals surface area contributed by atoms with Gasteiger partial charge < -0.3 is 9.64 Å².